The molecule has 1 aliphatic rings. The van der Waals surface area contributed by atoms with Gasteiger partial charge in [0.15, 0.2) is 5.43 Å². The van der Waals surface area contributed by atoms with Crippen molar-refractivity contribution in [2.75, 3.05) is 13.1 Å². The highest BCUT2D eigenvalue weighted by Crippen LogP contribution is 2.27. The van der Waals surface area contributed by atoms with Gasteiger partial charge < -0.3 is 14.2 Å². The Balaban J connectivity index is 1.59. The van der Waals surface area contributed by atoms with Gasteiger partial charge in [0.1, 0.15) is 11.4 Å². The van der Waals surface area contributed by atoms with Crippen molar-refractivity contribution in [3.63, 3.8) is 0 Å². The number of hydrogen-bond donors (Lipinski definition) is 0. The first-order valence-electron chi connectivity index (χ1n) is 12.8. The summed E-state index contributed by atoms with van der Waals surface area (Å²) >= 11 is 0. The fraction of sp³-hybridized carbons (Fsp3) is 0.414. The smallest absolute Gasteiger partial charge is 0.242 e. The SMILES string of the molecule is CCCCN(CC(=O)N(Cc1ccc(F)cc1)Cc1coc2ccccc2c1=O)C(=O)C1CCCC1. The molecule has 0 bridgehead atoms. The number of nitrogens with zero attached hydrogens (tertiary/aromatic N) is 2. The molecule has 0 unspecified atom stereocenters. The predicted octanol–water partition coefficient (Wildman–Crippen LogP) is 5.28. The van der Waals surface area contributed by atoms with E-state index in [1.165, 1.54) is 18.4 Å². The number of rotatable bonds is 10. The van der Waals surface area contributed by atoms with Gasteiger partial charge in [0, 0.05) is 19.0 Å². The molecule has 1 aliphatic carbocycles. The molecule has 36 heavy (non-hydrogen) atoms. The molecule has 0 radical (unpaired) electrons. The molecule has 0 aliphatic heterocycles. The lowest BCUT2D eigenvalue weighted by atomic mass is 10.1. The van der Waals surface area contributed by atoms with E-state index < -0.39 is 0 Å². The van der Waals surface area contributed by atoms with Gasteiger partial charge >= 0.3 is 0 Å². The van der Waals surface area contributed by atoms with Crippen molar-refractivity contribution in [1.29, 1.82) is 0 Å². The Labute approximate surface area is 210 Å². The molecular formula is C29H33FN2O4. The van der Waals surface area contributed by atoms with Gasteiger partial charge in [-0.2, -0.15) is 0 Å². The fourth-order valence-electron chi connectivity index (χ4n) is 4.79. The average Bonchev–Trinajstić information content (AvgIpc) is 3.43. The second-order valence-electron chi connectivity index (χ2n) is 9.56. The minimum absolute atomic E-state index is 0.0206. The van der Waals surface area contributed by atoms with E-state index in [-0.39, 0.29) is 48.6 Å². The van der Waals surface area contributed by atoms with Crippen LogP contribution in [-0.2, 0) is 22.7 Å². The molecule has 6 nitrogen and oxygen atoms in total. The van der Waals surface area contributed by atoms with Crippen LogP contribution in [0.4, 0.5) is 4.39 Å². The van der Waals surface area contributed by atoms with E-state index in [1.807, 2.05) is 0 Å². The van der Waals surface area contributed by atoms with Gasteiger partial charge in [-0.15, -0.1) is 0 Å². The predicted molar refractivity (Wildman–Crippen MR) is 137 cm³/mol. The molecule has 4 rings (SSSR count). The van der Waals surface area contributed by atoms with Crippen LogP contribution in [-0.4, -0.2) is 34.7 Å². The first kappa shape index (κ1) is 25.6. The lowest BCUT2D eigenvalue weighted by molar-refractivity contribution is -0.143. The number of unbranched alkanes of at least 4 members (excludes halogenated alkanes) is 1. The molecule has 0 spiro atoms. The quantitative estimate of drug-likeness (QED) is 0.386. The van der Waals surface area contributed by atoms with Gasteiger partial charge in [-0.1, -0.05) is 50.5 Å². The van der Waals surface area contributed by atoms with Gasteiger partial charge in [-0.05, 0) is 49.1 Å². The van der Waals surface area contributed by atoms with Gasteiger partial charge in [0.2, 0.25) is 11.8 Å². The highest BCUT2D eigenvalue weighted by atomic mass is 19.1. The van der Waals surface area contributed by atoms with E-state index in [9.17, 15) is 18.8 Å². The van der Waals surface area contributed by atoms with E-state index in [1.54, 1.807) is 46.2 Å². The van der Waals surface area contributed by atoms with Crippen LogP contribution in [0.1, 0.15) is 56.6 Å². The Hall–Kier alpha value is -3.48. The summed E-state index contributed by atoms with van der Waals surface area (Å²) in [5.41, 5.74) is 1.37. The molecule has 1 heterocycles. The van der Waals surface area contributed by atoms with E-state index in [0.29, 0.717) is 23.1 Å². The van der Waals surface area contributed by atoms with Crippen LogP contribution in [0.5, 0.6) is 0 Å². The van der Waals surface area contributed by atoms with E-state index in [4.69, 9.17) is 4.42 Å². The molecule has 1 aromatic heterocycles. The van der Waals surface area contributed by atoms with E-state index in [0.717, 1.165) is 44.1 Å². The summed E-state index contributed by atoms with van der Waals surface area (Å²) in [4.78, 5) is 43.2. The number of carbonyl (C=O) groups excluding carboxylic acids is 2. The van der Waals surface area contributed by atoms with Crippen LogP contribution >= 0.6 is 0 Å². The number of para-hydroxylation sites is 1. The van der Waals surface area contributed by atoms with Crippen LogP contribution in [0.2, 0.25) is 0 Å². The minimum atomic E-state index is -0.361. The van der Waals surface area contributed by atoms with E-state index >= 15 is 0 Å². The van der Waals surface area contributed by atoms with Crippen LogP contribution in [0.15, 0.2) is 64.0 Å². The fourth-order valence-corrected chi connectivity index (χ4v) is 4.79. The Morgan fingerprint density at radius 1 is 1.00 bits per heavy atom. The molecule has 7 heteroatoms. The maximum absolute atomic E-state index is 13.6. The van der Waals surface area contributed by atoms with Crippen molar-refractivity contribution in [2.24, 2.45) is 5.92 Å². The lowest BCUT2D eigenvalue weighted by Gasteiger charge is -2.29. The first-order valence-corrected chi connectivity index (χ1v) is 12.8. The zero-order chi connectivity index (χ0) is 25.5. The van der Waals surface area contributed by atoms with Crippen LogP contribution in [0.3, 0.4) is 0 Å². The van der Waals surface area contributed by atoms with Crippen LogP contribution in [0, 0.1) is 11.7 Å². The molecule has 1 fully saturated rings. The first-order chi connectivity index (χ1) is 17.5. The van der Waals surface area contributed by atoms with Crippen LogP contribution in [0.25, 0.3) is 11.0 Å². The van der Waals surface area contributed by atoms with Crippen molar-refractivity contribution < 1.29 is 18.4 Å². The molecule has 0 atom stereocenters. The molecule has 2 aromatic carbocycles. The Morgan fingerprint density at radius 2 is 1.72 bits per heavy atom. The standard InChI is InChI=1S/C29H33FN2O4/c1-2-3-16-31(29(35)22-8-4-5-9-22)19-27(33)32(17-21-12-14-24(30)15-13-21)18-23-20-36-26-11-7-6-10-25(26)28(23)34/h6-7,10-15,20,22H,2-5,8-9,16-19H2,1H3. The van der Waals surface area contributed by atoms with Gasteiger partial charge in [0.25, 0.3) is 0 Å². The summed E-state index contributed by atoms with van der Waals surface area (Å²) in [7, 11) is 0. The number of amides is 2. The molecule has 2 amide bonds. The molecule has 3 aromatic rings. The minimum Gasteiger partial charge on any atom is -0.464 e. The normalized spacial score (nSPS) is 13.7. The third-order valence-electron chi connectivity index (χ3n) is 6.88. The summed E-state index contributed by atoms with van der Waals surface area (Å²) in [6.45, 7) is 2.75. The number of benzene rings is 2. The maximum Gasteiger partial charge on any atom is 0.242 e. The maximum atomic E-state index is 13.6. The van der Waals surface area contributed by atoms with Gasteiger partial charge in [-0.3, -0.25) is 14.4 Å². The molecule has 190 valence electrons. The van der Waals surface area contributed by atoms with Crippen molar-refractivity contribution in [1.82, 2.24) is 9.80 Å². The second-order valence-corrected chi connectivity index (χ2v) is 9.56. The molecule has 0 N–H and O–H groups in total. The van der Waals surface area contributed by atoms with Crippen molar-refractivity contribution in [2.45, 2.75) is 58.5 Å². The zero-order valence-electron chi connectivity index (χ0n) is 20.7. The Bertz CT molecular complexity index is 1250. The summed E-state index contributed by atoms with van der Waals surface area (Å²) in [5.74, 6) is -0.594. The molecule has 1 saturated carbocycles. The van der Waals surface area contributed by atoms with Crippen molar-refractivity contribution in [3.05, 3.63) is 82.0 Å². The monoisotopic (exact) mass is 492 g/mol. The molecular weight excluding hydrogens is 459 g/mol. The summed E-state index contributed by atoms with van der Waals surface area (Å²) in [5, 5.41) is 0.449. The number of carbonyl (C=O) groups is 2. The number of fused-ring (bicyclic) bond motifs is 1. The van der Waals surface area contributed by atoms with Gasteiger partial charge in [-0.25, -0.2) is 4.39 Å². The summed E-state index contributed by atoms with van der Waals surface area (Å²) in [6, 6.07) is 12.9. The largest absolute Gasteiger partial charge is 0.464 e. The highest BCUT2D eigenvalue weighted by molar-refractivity contribution is 5.86. The van der Waals surface area contributed by atoms with Crippen molar-refractivity contribution in [3.8, 4) is 0 Å². The third kappa shape index (κ3) is 6.20. The van der Waals surface area contributed by atoms with E-state index in [2.05, 4.69) is 6.92 Å². The summed E-state index contributed by atoms with van der Waals surface area (Å²) < 4.78 is 19.1. The number of halogens is 1. The Kier molecular flexibility index (Phi) is 8.52. The lowest BCUT2D eigenvalue weighted by Crippen LogP contribution is -2.45. The topological polar surface area (TPSA) is 70.8 Å². The van der Waals surface area contributed by atoms with Gasteiger partial charge in [0.05, 0.1) is 30.3 Å². The van der Waals surface area contributed by atoms with Crippen LogP contribution < -0.4 is 5.43 Å². The average molecular weight is 493 g/mol. The van der Waals surface area contributed by atoms with Crippen molar-refractivity contribution >= 4 is 22.8 Å². The third-order valence-corrected chi connectivity index (χ3v) is 6.88. The Morgan fingerprint density at radius 3 is 2.44 bits per heavy atom. The summed E-state index contributed by atoms with van der Waals surface area (Å²) in [6.07, 6.45) is 6.95. The zero-order valence-corrected chi connectivity index (χ0v) is 20.7. The number of hydrogen-bond acceptors (Lipinski definition) is 4. The highest BCUT2D eigenvalue weighted by Gasteiger charge is 2.29. The molecule has 0 saturated heterocycles. The second kappa shape index (κ2) is 12.0.